The van der Waals surface area contributed by atoms with E-state index in [4.69, 9.17) is 4.74 Å². The molecule has 2 heterocycles. The van der Waals surface area contributed by atoms with Gasteiger partial charge in [0.15, 0.2) is 0 Å². The van der Waals surface area contributed by atoms with Crippen molar-refractivity contribution in [1.82, 2.24) is 4.90 Å². The Morgan fingerprint density at radius 1 is 0.818 bits per heavy atom. The standard InChI is InChI=1S/C29H33N3O/c1-3-30-21-13-15-25-27(17-21)33-28-18-22(31-4-2)14-16-26(28)29(25)24-12-8-5-9-20(24)19-32(29)23-10-6-7-11-23/h5,8-9,12-18,23,30-31H,3-4,6-7,10-11,19H2,1-2H3. The number of nitrogens with zero attached hydrogens (tertiary/aromatic N) is 1. The van der Waals surface area contributed by atoms with Gasteiger partial charge in [-0.05, 0) is 49.9 Å². The van der Waals surface area contributed by atoms with Crippen molar-refractivity contribution in [2.24, 2.45) is 0 Å². The predicted molar refractivity (Wildman–Crippen MR) is 135 cm³/mol. The summed E-state index contributed by atoms with van der Waals surface area (Å²) in [7, 11) is 0. The third-order valence-electron chi connectivity index (χ3n) is 7.67. The summed E-state index contributed by atoms with van der Waals surface area (Å²) in [6.45, 7) is 7.04. The first-order valence-electron chi connectivity index (χ1n) is 12.6. The second-order valence-corrected chi connectivity index (χ2v) is 9.52. The van der Waals surface area contributed by atoms with E-state index in [-0.39, 0.29) is 5.54 Å². The second-order valence-electron chi connectivity index (χ2n) is 9.52. The average molecular weight is 440 g/mol. The number of nitrogens with one attached hydrogen (secondary N) is 2. The first kappa shape index (κ1) is 20.6. The number of hydrogen-bond acceptors (Lipinski definition) is 4. The first-order valence-corrected chi connectivity index (χ1v) is 12.6. The number of anilines is 2. The molecule has 2 N–H and O–H groups in total. The van der Waals surface area contributed by atoms with Crippen LogP contribution in [0.15, 0.2) is 60.7 Å². The van der Waals surface area contributed by atoms with Gasteiger partial charge in [-0.15, -0.1) is 0 Å². The Balaban J connectivity index is 1.64. The lowest BCUT2D eigenvalue weighted by molar-refractivity contribution is 0.106. The van der Waals surface area contributed by atoms with E-state index in [9.17, 15) is 0 Å². The largest absolute Gasteiger partial charge is 0.456 e. The third-order valence-corrected chi connectivity index (χ3v) is 7.67. The minimum Gasteiger partial charge on any atom is -0.456 e. The minimum absolute atomic E-state index is 0.315. The fourth-order valence-corrected chi connectivity index (χ4v) is 6.39. The first-order chi connectivity index (χ1) is 16.3. The normalized spacial score (nSPS) is 18.5. The maximum atomic E-state index is 6.66. The molecule has 1 fully saturated rings. The average Bonchev–Trinajstić information content (AvgIpc) is 3.47. The smallest absolute Gasteiger partial charge is 0.135 e. The molecular weight excluding hydrogens is 406 g/mol. The van der Waals surface area contributed by atoms with Crippen LogP contribution in [0.4, 0.5) is 11.4 Å². The number of rotatable bonds is 5. The van der Waals surface area contributed by atoms with Gasteiger partial charge in [0.1, 0.15) is 17.0 Å². The van der Waals surface area contributed by atoms with Gasteiger partial charge in [0, 0.05) is 60.3 Å². The van der Waals surface area contributed by atoms with Gasteiger partial charge in [-0.1, -0.05) is 49.2 Å². The maximum absolute atomic E-state index is 6.66. The van der Waals surface area contributed by atoms with Crippen LogP contribution < -0.4 is 15.4 Å². The lowest BCUT2D eigenvalue weighted by Gasteiger charge is -2.47. The second kappa shape index (κ2) is 8.11. The Labute approximate surface area is 197 Å². The van der Waals surface area contributed by atoms with Crippen LogP contribution in [0, 0.1) is 0 Å². The van der Waals surface area contributed by atoms with Crippen LogP contribution in [-0.4, -0.2) is 24.0 Å². The van der Waals surface area contributed by atoms with Crippen molar-refractivity contribution in [3.05, 3.63) is 82.9 Å². The summed E-state index contributed by atoms with van der Waals surface area (Å²) in [6, 6.07) is 23.1. The molecule has 4 heteroatoms. The van der Waals surface area contributed by atoms with E-state index in [0.29, 0.717) is 6.04 Å². The number of hydrogen-bond donors (Lipinski definition) is 2. The van der Waals surface area contributed by atoms with Gasteiger partial charge < -0.3 is 15.4 Å². The van der Waals surface area contributed by atoms with E-state index in [1.54, 1.807) is 0 Å². The molecule has 0 saturated heterocycles. The minimum atomic E-state index is -0.315. The molecule has 1 spiro atoms. The van der Waals surface area contributed by atoms with Gasteiger partial charge in [-0.2, -0.15) is 0 Å². The van der Waals surface area contributed by atoms with Crippen molar-refractivity contribution in [3.63, 3.8) is 0 Å². The van der Waals surface area contributed by atoms with Crippen molar-refractivity contribution in [1.29, 1.82) is 0 Å². The summed E-state index contributed by atoms with van der Waals surface area (Å²) in [6.07, 6.45) is 5.18. The van der Waals surface area contributed by atoms with Crippen molar-refractivity contribution in [2.75, 3.05) is 23.7 Å². The van der Waals surface area contributed by atoms with Gasteiger partial charge in [0.25, 0.3) is 0 Å². The molecule has 2 aliphatic heterocycles. The Morgan fingerprint density at radius 3 is 2.03 bits per heavy atom. The lowest BCUT2D eigenvalue weighted by Crippen LogP contribution is -2.49. The molecular formula is C29H33N3O. The van der Waals surface area contributed by atoms with E-state index < -0.39 is 0 Å². The number of fused-ring (bicyclic) bond motifs is 6. The third kappa shape index (κ3) is 3.07. The van der Waals surface area contributed by atoms with Crippen LogP contribution in [-0.2, 0) is 12.1 Å². The quantitative estimate of drug-likeness (QED) is 0.463. The summed E-state index contributed by atoms with van der Waals surface area (Å²) >= 11 is 0. The Bertz CT molecular complexity index is 1130. The molecule has 0 aromatic heterocycles. The molecule has 1 aliphatic carbocycles. The highest BCUT2D eigenvalue weighted by Crippen LogP contribution is 2.59. The van der Waals surface area contributed by atoms with Crippen molar-refractivity contribution >= 4 is 11.4 Å². The van der Waals surface area contributed by atoms with Crippen LogP contribution in [0.2, 0.25) is 0 Å². The van der Waals surface area contributed by atoms with Gasteiger partial charge in [-0.25, -0.2) is 0 Å². The summed E-state index contributed by atoms with van der Waals surface area (Å²) in [4.78, 5) is 2.80. The monoisotopic (exact) mass is 439 g/mol. The number of ether oxygens (including phenoxy) is 1. The van der Waals surface area contributed by atoms with E-state index in [1.807, 2.05) is 0 Å². The molecule has 0 amide bonds. The zero-order valence-electron chi connectivity index (χ0n) is 19.7. The Morgan fingerprint density at radius 2 is 1.42 bits per heavy atom. The molecule has 0 bridgehead atoms. The summed E-state index contributed by atoms with van der Waals surface area (Å²) in [5.74, 6) is 1.93. The Hall–Kier alpha value is -2.98. The highest BCUT2D eigenvalue weighted by atomic mass is 16.5. The lowest BCUT2D eigenvalue weighted by atomic mass is 9.74. The molecule has 4 nitrogen and oxygen atoms in total. The fraction of sp³-hybridized carbons (Fsp3) is 0.379. The summed E-state index contributed by atoms with van der Waals surface area (Å²) in [5, 5.41) is 6.94. The SMILES string of the molecule is CCNc1ccc2c(c1)Oc1cc(NCC)ccc1C21c2ccccc2CN1C1CCCC1. The van der Waals surface area contributed by atoms with E-state index in [1.165, 1.54) is 47.9 Å². The molecule has 170 valence electrons. The highest BCUT2D eigenvalue weighted by molar-refractivity contribution is 5.70. The van der Waals surface area contributed by atoms with Crippen LogP contribution in [0.3, 0.4) is 0 Å². The van der Waals surface area contributed by atoms with Crippen molar-refractivity contribution in [2.45, 2.75) is 57.7 Å². The topological polar surface area (TPSA) is 36.5 Å². The molecule has 3 aromatic carbocycles. The molecule has 0 atom stereocenters. The summed E-state index contributed by atoms with van der Waals surface area (Å²) < 4.78 is 6.66. The van der Waals surface area contributed by atoms with E-state index >= 15 is 0 Å². The maximum Gasteiger partial charge on any atom is 0.135 e. The van der Waals surface area contributed by atoms with E-state index in [2.05, 4.69) is 90.0 Å². The number of benzene rings is 3. The molecule has 0 unspecified atom stereocenters. The zero-order valence-corrected chi connectivity index (χ0v) is 19.7. The molecule has 0 radical (unpaired) electrons. The van der Waals surface area contributed by atoms with Crippen LogP contribution >= 0.6 is 0 Å². The zero-order chi connectivity index (χ0) is 22.4. The Kier molecular flexibility index (Phi) is 5.06. The van der Waals surface area contributed by atoms with Crippen molar-refractivity contribution in [3.8, 4) is 11.5 Å². The van der Waals surface area contributed by atoms with Crippen LogP contribution in [0.25, 0.3) is 0 Å². The fourth-order valence-electron chi connectivity index (χ4n) is 6.39. The highest BCUT2D eigenvalue weighted by Gasteiger charge is 2.54. The molecule has 3 aliphatic rings. The van der Waals surface area contributed by atoms with Gasteiger partial charge in [0.05, 0.1) is 0 Å². The van der Waals surface area contributed by atoms with Gasteiger partial charge >= 0.3 is 0 Å². The molecule has 6 rings (SSSR count). The predicted octanol–water partition coefficient (Wildman–Crippen LogP) is 6.71. The molecule has 1 saturated carbocycles. The van der Waals surface area contributed by atoms with Crippen LogP contribution in [0.5, 0.6) is 11.5 Å². The molecule has 3 aromatic rings. The van der Waals surface area contributed by atoms with Crippen LogP contribution in [0.1, 0.15) is 61.8 Å². The van der Waals surface area contributed by atoms with Crippen molar-refractivity contribution < 1.29 is 4.74 Å². The summed E-state index contributed by atoms with van der Waals surface area (Å²) in [5.41, 5.74) is 7.29. The molecule has 33 heavy (non-hydrogen) atoms. The van der Waals surface area contributed by atoms with E-state index in [0.717, 1.165) is 42.5 Å². The van der Waals surface area contributed by atoms with Gasteiger partial charge in [0.2, 0.25) is 0 Å². The van der Waals surface area contributed by atoms with Gasteiger partial charge in [-0.3, -0.25) is 4.90 Å².